The SMILES string of the molecule is c1ccc(C2CCN(C3CNCCC3c3ccccc3)CC2)cc1. The molecule has 2 heterocycles. The van der Waals surface area contributed by atoms with Crippen molar-refractivity contribution in [2.45, 2.75) is 37.1 Å². The van der Waals surface area contributed by atoms with Crippen molar-refractivity contribution in [2.75, 3.05) is 26.2 Å². The molecule has 24 heavy (non-hydrogen) atoms. The van der Waals surface area contributed by atoms with Crippen LogP contribution < -0.4 is 5.32 Å². The summed E-state index contributed by atoms with van der Waals surface area (Å²) in [6.45, 7) is 4.75. The van der Waals surface area contributed by atoms with Gasteiger partial charge in [0.2, 0.25) is 0 Å². The van der Waals surface area contributed by atoms with Crippen molar-refractivity contribution < 1.29 is 0 Å². The molecule has 2 saturated heterocycles. The van der Waals surface area contributed by atoms with Gasteiger partial charge < -0.3 is 5.32 Å². The fourth-order valence-corrected chi connectivity index (χ4v) is 4.60. The monoisotopic (exact) mass is 320 g/mol. The standard InChI is InChI=1S/C22H28N2/c1-3-7-18(8-4-1)19-12-15-24(16-13-19)22-17-23-14-11-21(22)20-9-5-2-6-10-20/h1-10,19,21-23H,11-17H2. The van der Waals surface area contributed by atoms with E-state index in [1.165, 1.54) is 43.5 Å². The minimum Gasteiger partial charge on any atom is -0.315 e. The van der Waals surface area contributed by atoms with Crippen LogP contribution in [0, 0.1) is 0 Å². The molecule has 2 unspecified atom stereocenters. The first-order valence-corrected chi connectivity index (χ1v) is 9.46. The van der Waals surface area contributed by atoms with Gasteiger partial charge >= 0.3 is 0 Å². The largest absolute Gasteiger partial charge is 0.315 e. The van der Waals surface area contributed by atoms with E-state index in [2.05, 4.69) is 70.9 Å². The van der Waals surface area contributed by atoms with Gasteiger partial charge in [-0.15, -0.1) is 0 Å². The van der Waals surface area contributed by atoms with E-state index in [-0.39, 0.29) is 0 Å². The smallest absolute Gasteiger partial charge is 0.0289 e. The summed E-state index contributed by atoms with van der Waals surface area (Å²) in [5.74, 6) is 1.43. The lowest BCUT2D eigenvalue weighted by atomic mass is 9.82. The molecule has 1 N–H and O–H groups in total. The number of likely N-dealkylation sites (tertiary alicyclic amines) is 1. The zero-order valence-electron chi connectivity index (χ0n) is 14.4. The van der Waals surface area contributed by atoms with E-state index in [9.17, 15) is 0 Å². The summed E-state index contributed by atoms with van der Waals surface area (Å²) in [7, 11) is 0. The first-order chi connectivity index (χ1) is 11.9. The van der Waals surface area contributed by atoms with Crippen LogP contribution in [0.15, 0.2) is 60.7 Å². The average molecular weight is 320 g/mol. The lowest BCUT2D eigenvalue weighted by Crippen LogP contribution is -2.52. The lowest BCUT2D eigenvalue weighted by Gasteiger charge is -2.44. The fourth-order valence-electron chi connectivity index (χ4n) is 4.60. The minimum absolute atomic E-state index is 0.651. The molecule has 2 aromatic rings. The molecule has 2 atom stereocenters. The second-order valence-corrected chi connectivity index (χ2v) is 7.30. The summed E-state index contributed by atoms with van der Waals surface area (Å²) in [5.41, 5.74) is 3.05. The summed E-state index contributed by atoms with van der Waals surface area (Å²) >= 11 is 0. The van der Waals surface area contributed by atoms with Crippen LogP contribution in [0.5, 0.6) is 0 Å². The highest BCUT2D eigenvalue weighted by atomic mass is 15.2. The van der Waals surface area contributed by atoms with E-state index in [0.29, 0.717) is 12.0 Å². The van der Waals surface area contributed by atoms with Crippen LogP contribution in [-0.4, -0.2) is 37.1 Å². The van der Waals surface area contributed by atoms with Crippen molar-refractivity contribution in [2.24, 2.45) is 0 Å². The molecule has 0 aliphatic carbocycles. The maximum Gasteiger partial charge on any atom is 0.0289 e. The van der Waals surface area contributed by atoms with Crippen molar-refractivity contribution in [3.8, 4) is 0 Å². The van der Waals surface area contributed by atoms with E-state index in [1.807, 2.05) is 0 Å². The van der Waals surface area contributed by atoms with E-state index in [0.717, 1.165) is 19.0 Å². The molecule has 2 fully saturated rings. The summed E-state index contributed by atoms with van der Waals surface area (Å²) in [5, 5.41) is 3.63. The van der Waals surface area contributed by atoms with Crippen LogP contribution >= 0.6 is 0 Å². The van der Waals surface area contributed by atoms with E-state index < -0.39 is 0 Å². The van der Waals surface area contributed by atoms with Gasteiger partial charge in [-0.25, -0.2) is 0 Å². The first kappa shape index (κ1) is 15.9. The van der Waals surface area contributed by atoms with Gasteiger partial charge in [0, 0.05) is 18.5 Å². The van der Waals surface area contributed by atoms with E-state index in [4.69, 9.17) is 0 Å². The Balaban J connectivity index is 1.44. The van der Waals surface area contributed by atoms with Crippen LogP contribution in [0.25, 0.3) is 0 Å². The van der Waals surface area contributed by atoms with Gasteiger partial charge in [-0.05, 0) is 55.9 Å². The Hall–Kier alpha value is -1.64. The summed E-state index contributed by atoms with van der Waals surface area (Å²) < 4.78 is 0. The molecule has 2 aromatic carbocycles. The molecule has 2 aliphatic heterocycles. The molecule has 2 aliphatic rings. The number of hydrogen-bond donors (Lipinski definition) is 1. The molecular weight excluding hydrogens is 292 g/mol. The molecule has 2 heteroatoms. The van der Waals surface area contributed by atoms with Crippen LogP contribution in [0.1, 0.15) is 42.2 Å². The molecule has 0 bridgehead atoms. The highest BCUT2D eigenvalue weighted by Gasteiger charge is 2.33. The molecule has 4 rings (SSSR count). The Bertz CT molecular complexity index is 617. The summed E-state index contributed by atoms with van der Waals surface area (Å²) in [6.07, 6.45) is 3.84. The summed E-state index contributed by atoms with van der Waals surface area (Å²) in [6, 6.07) is 22.9. The van der Waals surface area contributed by atoms with Crippen molar-refractivity contribution in [3.63, 3.8) is 0 Å². The zero-order chi connectivity index (χ0) is 16.2. The molecule has 0 saturated carbocycles. The van der Waals surface area contributed by atoms with Crippen LogP contribution in [-0.2, 0) is 0 Å². The number of nitrogens with zero attached hydrogens (tertiary/aromatic N) is 1. The van der Waals surface area contributed by atoms with Gasteiger partial charge in [-0.3, -0.25) is 4.90 Å². The Kier molecular flexibility index (Phi) is 4.96. The number of piperidine rings is 2. The van der Waals surface area contributed by atoms with Crippen LogP contribution in [0.4, 0.5) is 0 Å². The number of rotatable bonds is 3. The lowest BCUT2D eigenvalue weighted by molar-refractivity contribution is 0.114. The molecule has 0 radical (unpaired) electrons. The first-order valence-electron chi connectivity index (χ1n) is 9.46. The van der Waals surface area contributed by atoms with Crippen molar-refractivity contribution in [1.29, 1.82) is 0 Å². The Morgan fingerprint density at radius 2 is 1.38 bits per heavy atom. The topological polar surface area (TPSA) is 15.3 Å². The van der Waals surface area contributed by atoms with Gasteiger partial charge in [0.25, 0.3) is 0 Å². The maximum absolute atomic E-state index is 3.63. The number of hydrogen-bond acceptors (Lipinski definition) is 2. The Labute approximate surface area is 145 Å². The van der Waals surface area contributed by atoms with E-state index in [1.54, 1.807) is 0 Å². The normalized spacial score (nSPS) is 26.3. The van der Waals surface area contributed by atoms with Gasteiger partial charge in [0.1, 0.15) is 0 Å². The van der Waals surface area contributed by atoms with Gasteiger partial charge in [-0.1, -0.05) is 60.7 Å². The number of nitrogens with one attached hydrogen (secondary N) is 1. The predicted molar refractivity (Wildman–Crippen MR) is 100 cm³/mol. The minimum atomic E-state index is 0.651. The third-order valence-corrected chi connectivity index (χ3v) is 5.95. The molecule has 2 nitrogen and oxygen atoms in total. The molecule has 0 aromatic heterocycles. The van der Waals surface area contributed by atoms with Gasteiger partial charge in [0.05, 0.1) is 0 Å². The molecule has 126 valence electrons. The third-order valence-electron chi connectivity index (χ3n) is 5.95. The maximum atomic E-state index is 3.63. The van der Waals surface area contributed by atoms with Crippen molar-refractivity contribution >= 4 is 0 Å². The highest BCUT2D eigenvalue weighted by Crippen LogP contribution is 2.34. The zero-order valence-corrected chi connectivity index (χ0v) is 14.4. The number of benzene rings is 2. The second-order valence-electron chi connectivity index (χ2n) is 7.30. The third kappa shape index (κ3) is 3.40. The molecule has 0 spiro atoms. The molecular formula is C22H28N2. The molecule has 0 amide bonds. The van der Waals surface area contributed by atoms with Crippen molar-refractivity contribution in [1.82, 2.24) is 10.2 Å². The van der Waals surface area contributed by atoms with Crippen LogP contribution in [0.3, 0.4) is 0 Å². The Morgan fingerprint density at radius 1 is 0.750 bits per heavy atom. The fraction of sp³-hybridized carbons (Fsp3) is 0.455. The predicted octanol–water partition coefficient (Wildman–Crippen LogP) is 4.01. The van der Waals surface area contributed by atoms with Crippen LogP contribution in [0.2, 0.25) is 0 Å². The second kappa shape index (κ2) is 7.50. The quantitative estimate of drug-likeness (QED) is 0.919. The Morgan fingerprint density at radius 3 is 2.04 bits per heavy atom. The van der Waals surface area contributed by atoms with Gasteiger partial charge in [0.15, 0.2) is 0 Å². The van der Waals surface area contributed by atoms with E-state index >= 15 is 0 Å². The van der Waals surface area contributed by atoms with Gasteiger partial charge in [-0.2, -0.15) is 0 Å². The highest BCUT2D eigenvalue weighted by molar-refractivity contribution is 5.23. The van der Waals surface area contributed by atoms with Crippen molar-refractivity contribution in [3.05, 3.63) is 71.8 Å². The summed E-state index contributed by atoms with van der Waals surface area (Å²) in [4.78, 5) is 2.75. The average Bonchev–Trinajstić information content (AvgIpc) is 2.69.